The van der Waals surface area contributed by atoms with Crippen LogP contribution < -0.4 is 5.32 Å². The van der Waals surface area contributed by atoms with Crippen molar-refractivity contribution in [2.24, 2.45) is 0 Å². The Morgan fingerprint density at radius 2 is 2.33 bits per heavy atom. The number of aliphatic hydroxyl groups is 1. The summed E-state index contributed by atoms with van der Waals surface area (Å²) in [7, 11) is 0. The van der Waals surface area contributed by atoms with Crippen molar-refractivity contribution in [1.82, 2.24) is 14.8 Å². The lowest BCUT2D eigenvalue weighted by atomic mass is 10.2. The highest BCUT2D eigenvalue weighted by Crippen LogP contribution is 2.14. The molecule has 21 heavy (non-hydrogen) atoms. The van der Waals surface area contributed by atoms with E-state index in [2.05, 4.69) is 27.2 Å². The fraction of sp³-hybridized carbons (Fsp3) is 0.214. The molecular formula is C14H13FN4O2. The summed E-state index contributed by atoms with van der Waals surface area (Å²) in [5.41, 5.74) is 0.523. The van der Waals surface area contributed by atoms with Gasteiger partial charge in [-0.25, -0.2) is 9.37 Å². The Bertz CT molecular complexity index is 674. The van der Waals surface area contributed by atoms with Gasteiger partial charge in [0, 0.05) is 12.1 Å². The summed E-state index contributed by atoms with van der Waals surface area (Å²) in [6.07, 6.45) is 3.11. The van der Waals surface area contributed by atoms with E-state index < -0.39 is 5.82 Å². The minimum Gasteiger partial charge on any atom is -0.384 e. The Balaban J connectivity index is 1.93. The monoisotopic (exact) mass is 288 g/mol. The van der Waals surface area contributed by atoms with E-state index in [0.29, 0.717) is 12.2 Å². The maximum atomic E-state index is 13.7. The number of hydrogen-bond donors (Lipinski definition) is 2. The van der Waals surface area contributed by atoms with Crippen molar-refractivity contribution in [1.29, 1.82) is 0 Å². The highest BCUT2D eigenvalue weighted by atomic mass is 19.1. The van der Waals surface area contributed by atoms with Crippen LogP contribution in [0.25, 0.3) is 0 Å². The largest absolute Gasteiger partial charge is 0.384 e. The van der Waals surface area contributed by atoms with Gasteiger partial charge in [0.1, 0.15) is 25.1 Å². The fourth-order valence-corrected chi connectivity index (χ4v) is 1.62. The van der Waals surface area contributed by atoms with Crippen LogP contribution >= 0.6 is 0 Å². The Kier molecular flexibility index (Phi) is 5.01. The first-order valence-corrected chi connectivity index (χ1v) is 6.20. The van der Waals surface area contributed by atoms with E-state index in [1.165, 1.54) is 29.5 Å². The van der Waals surface area contributed by atoms with Crippen molar-refractivity contribution in [3.63, 3.8) is 0 Å². The zero-order chi connectivity index (χ0) is 15.1. The first-order chi connectivity index (χ1) is 10.2. The standard InChI is InChI=1S/C14H13FN4O2/c15-13-8-12(4-3-11(13)2-1-7-20)18-14(21)5-6-19-10-16-9-17-19/h3-4,8-10,20H,5-7H2,(H,18,21). The quantitative estimate of drug-likeness (QED) is 0.815. The molecule has 108 valence electrons. The van der Waals surface area contributed by atoms with Crippen molar-refractivity contribution < 1.29 is 14.3 Å². The number of rotatable bonds is 4. The molecule has 0 saturated heterocycles. The third-order valence-corrected chi connectivity index (χ3v) is 2.59. The van der Waals surface area contributed by atoms with Crippen LogP contribution in [0.2, 0.25) is 0 Å². The van der Waals surface area contributed by atoms with Crippen LogP contribution in [0.1, 0.15) is 12.0 Å². The van der Waals surface area contributed by atoms with Crippen LogP contribution in [0.15, 0.2) is 30.9 Å². The second kappa shape index (κ2) is 7.17. The number of hydrogen-bond acceptors (Lipinski definition) is 4. The molecule has 0 unspecified atom stereocenters. The van der Waals surface area contributed by atoms with Gasteiger partial charge in [-0.05, 0) is 18.2 Å². The van der Waals surface area contributed by atoms with Crippen LogP contribution in [-0.2, 0) is 11.3 Å². The van der Waals surface area contributed by atoms with E-state index in [9.17, 15) is 9.18 Å². The molecule has 2 N–H and O–H groups in total. The van der Waals surface area contributed by atoms with Gasteiger partial charge in [-0.2, -0.15) is 5.10 Å². The molecule has 1 amide bonds. The molecule has 1 heterocycles. The topological polar surface area (TPSA) is 80.0 Å². The number of halogens is 1. The molecular weight excluding hydrogens is 275 g/mol. The number of anilines is 1. The maximum absolute atomic E-state index is 13.7. The van der Waals surface area contributed by atoms with Gasteiger partial charge in [-0.1, -0.05) is 11.8 Å². The van der Waals surface area contributed by atoms with Gasteiger partial charge in [0.15, 0.2) is 0 Å². The van der Waals surface area contributed by atoms with Crippen molar-refractivity contribution >= 4 is 11.6 Å². The third-order valence-electron chi connectivity index (χ3n) is 2.59. The number of amides is 1. The van der Waals surface area contributed by atoms with E-state index in [1.54, 1.807) is 6.07 Å². The maximum Gasteiger partial charge on any atom is 0.226 e. The zero-order valence-corrected chi connectivity index (χ0v) is 11.1. The van der Waals surface area contributed by atoms with E-state index >= 15 is 0 Å². The van der Waals surface area contributed by atoms with Crippen molar-refractivity contribution in [2.75, 3.05) is 11.9 Å². The summed E-state index contributed by atoms with van der Waals surface area (Å²) in [6.45, 7) is 0.0641. The first kappa shape index (κ1) is 14.7. The molecule has 1 aromatic heterocycles. The van der Waals surface area contributed by atoms with Gasteiger partial charge in [0.05, 0.1) is 12.1 Å². The average Bonchev–Trinajstić information content (AvgIpc) is 2.98. The average molecular weight is 288 g/mol. The predicted octanol–water partition coefficient (Wildman–Crippen LogP) is 0.790. The van der Waals surface area contributed by atoms with Crippen LogP contribution in [0, 0.1) is 17.7 Å². The Hall–Kier alpha value is -2.72. The van der Waals surface area contributed by atoms with Crippen LogP contribution in [0.5, 0.6) is 0 Å². The number of nitrogens with zero attached hydrogens (tertiary/aromatic N) is 3. The summed E-state index contributed by atoms with van der Waals surface area (Å²) in [5, 5.41) is 15.0. The van der Waals surface area contributed by atoms with Crippen molar-refractivity contribution in [2.45, 2.75) is 13.0 Å². The highest BCUT2D eigenvalue weighted by molar-refractivity contribution is 5.90. The normalized spacial score (nSPS) is 9.81. The number of aromatic nitrogens is 3. The molecule has 0 bridgehead atoms. The summed E-state index contributed by atoms with van der Waals surface area (Å²) in [6, 6.07) is 4.19. The molecule has 0 spiro atoms. The van der Waals surface area contributed by atoms with Gasteiger partial charge < -0.3 is 10.4 Å². The molecule has 7 heteroatoms. The molecule has 0 fully saturated rings. The molecule has 0 aliphatic carbocycles. The molecule has 0 aliphatic heterocycles. The molecule has 2 rings (SSSR count). The molecule has 0 atom stereocenters. The van der Waals surface area contributed by atoms with Gasteiger partial charge in [-0.3, -0.25) is 9.48 Å². The molecule has 1 aromatic carbocycles. The smallest absolute Gasteiger partial charge is 0.226 e. The minimum atomic E-state index is -0.551. The highest BCUT2D eigenvalue weighted by Gasteiger charge is 2.06. The third kappa shape index (κ3) is 4.40. The van der Waals surface area contributed by atoms with Crippen molar-refractivity contribution in [3.05, 3.63) is 42.2 Å². The molecule has 0 saturated carbocycles. The number of aliphatic hydroxyl groups excluding tert-OH is 1. The summed E-state index contributed by atoms with van der Waals surface area (Å²) in [4.78, 5) is 15.5. The summed E-state index contributed by atoms with van der Waals surface area (Å²) in [5.74, 6) is 4.04. The van der Waals surface area contributed by atoms with Gasteiger partial charge >= 0.3 is 0 Å². The minimum absolute atomic E-state index is 0.171. The lowest BCUT2D eigenvalue weighted by Crippen LogP contribution is -2.14. The van der Waals surface area contributed by atoms with Crippen LogP contribution in [0.3, 0.4) is 0 Å². The fourth-order valence-electron chi connectivity index (χ4n) is 1.62. The number of aryl methyl sites for hydroxylation is 1. The van der Waals surface area contributed by atoms with Gasteiger partial charge in [0.25, 0.3) is 0 Å². The molecule has 2 aromatic rings. The second-order valence-corrected chi connectivity index (χ2v) is 4.11. The molecule has 0 aliphatic rings. The first-order valence-electron chi connectivity index (χ1n) is 6.20. The Labute approximate surface area is 120 Å². The molecule has 6 nitrogen and oxygen atoms in total. The number of carbonyl (C=O) groups is 1. The Morgan fingerprint density at radius 1 is 1.48 bits per heavy atom. The van der Waals surface area contributed by atoms with E-state index in [0.717, 1.165) is 0 Å². The summed E-state index contributed by atoms with van der Waals surface area (Å²) < 4.78 is 15.2. The lowest BCUT2D eigenvalue weighted by molar-refractivity contribution is -0.116. The van der Waals surface area contributed by atoms with Crippen LogP contribution in [-0.4, -0.2) is 32.4 Å². The Morgan fingerprint density at radius 3 is 3.00 bits per heavy atom. The number of carbonyl (C=O) groups excluding carboxylic acids is 1. The molecule has 0 radical (unpaired) electrons. The van der Waals surface area contributed by atoms with Gasteiger partial charge in [-0.15, -0.1) is 0 Å². The number of nitrogens with one attached hydrogen (secondary N) is 1. The van der Waals surface area contributed by atoms with Crippen molar-refractivity contribution in [3.8, 4) is 11.8 Å². The van der Waals surface area contributed by atoms with E-state index in [-0.39, 0.29) is 24.5 Å². The summed E-state index contributed by atoms with van der Waals surface area (Å²) >= 11 is 0. The van der Waals surface area contributed by atoms with Crippen LogP contribution in [0.4, 0.5) is 10.1 Å². The second-order valence-electron chi connectivity index (χ2n) is 4.11. The SMILES string of the molecule is O=C(CCn1cncn1)Nc1ccc(C#CCO)c(F)c1. The predicted molar refractivity (Wildman–Crippen MR) is 73.6 cm³/mol. The lowest BCUT2D eigenvalue weighted by Gasteiger charge is -2.06. The van der Waals surface area contributed by atoms with E-state index in [4.69, 9.17) is 5.11 Å². The number of benzene rings is 1. The van der Waals surface area contributed by atoms with E-state index in [1.807, 2.05) is 0 Å². The van der Waals surface area contributed by atoms with Gasteiger partial charge in [0.2, 0.25) is 5.91 Å². The zero-order valence-electron chi connectivity index (χ0n) is 11.1.